The van der Waals surface area contributed by atoms with Crippen LogP contribution in [0, 0.1) is 0 Å². The van der Waals surface area contributed by atoms with Crippen LogP contribution in [0.3, 0.4) is 0 Å². The SMILES string of the molecule is CC/C=C\C/C=C\C/C=C\CCCCCCCC(=O)OC(COC(=O)CCCCCCCCCCCCC)COC(=O)CCCCCCCCCCCCCCCCCCC/C=C\C/C=C\CCCCCCC. The van der Waals surface area contributed by atoms with Gasteiger partial charge in [0.25, 0.3) is 0 Å². The highest BCUT2D eigenvalue weighted by molar-refractivity contribution is 5.71. The maximum Gasteiger partial charge on any atom is 0.306 e. The van der Waals surface area contributed by atoms with E-state index in [-0.39, 0.29) is 31.1 Å². The Morgan fingerprint density at radius 3 is 0.836 bits per heavy atom. The highest BCUT2D eigenvalue weighted by Gasteiger charge is 2.19. The average Bonchev–Trinajstić information content (AvgIpc) is 3.39. The molecule has 0 amide bonds. The molecule has 73 heavy (non-hydrogen) atoms. The van der Waals surface area contributed by atoms with Crippen molar-refractivity contribution in [2.75, 3.05) is 13.2 Å². The van der Waals surface area contributed by atoms with Crippen LogP contribution in [0.15, 0.2) is 60.8 Å². The quantitative estimate of drug-likeness (QED) is 0.0261. The number of ether oxygens (including phenoxy) is 3. The van der Waals surface area contributed by atoms with Gasteiger partial charge in [-0.2, -0.15) is 0 Å². The first kappa shape index (κ1) is 70.1. The van der Waals surface area contributed by atoms with Crippen LogP contribution >= 0.6 is 0 Å². The van der Waals surface area contributed by atoms with E-state index >= 15 is 0 Å². The van der Waals surface area contributed by atoms with Crippen molar-refractivity contribution in [2.24, 2.45) is 0 Å². The van der Waals surface area contributed by atoms with Crippen LogP contribution in [0.1, 0.15) is 329 Å². The molecule has 1 atom stereocenters. The summed E-state index contributed by atoms with van der Waals surface area (Å²) in [6, 6.07) is 0. The third kappa shape index (κ3) is 59.9. The monoisotopic (exact) mass is 1020 g/mol. The van der Waals surface area contributed by atoms with Gasteiger partial charge in [-0.05, 0) is 83.5 Å². The molecular weight excluding hydrogens is 901 g/mol. The fraction of sp³-hybridized carbons (Fsp3) is 0.806. The summed E-state index contributed by atoms with van der Waals surface area (Å²) in [5.74, 6) is -0.880. The standard InChI is InChI=1S/C67H120O6/c1-4-7-10-13-16-19-22-24-26-27-28-29-30-31-32-33-34-35-36-37-38-39-41-42-45-48-51-54-57-60-66(69)72-63-64(62-71-65(68)59-56-53-50-47-44-21-18-15-12-9-6-3)73-67(70)61-58-55-52-49-46-43-40-25-23-20-17-14-11-8-5-2/h8,11,17,20,22,24-25,27-28,40,64H,4-7,9-10,12-16,18-19,21,23,26,29-39,41-63H2,1-3H3/b11-8-,20-17-,24-22-,28-27-,40-25-. The van der Waals surface area contributed by atoms with Crippen molar-refractivity contribution in [3.63, 3.8) is 0 Å². The van der Waals surface area contributed by atoms with Crippen LogP contribution in [0.5, 0.6) is 0 Å². The molecule has 0 radical (unpaired) electrons. The molecule has 0 N–H and O–H groups in total. The first-order chi connectivity index (χ1) is 36.0. The second-order valence-corrected chi connectivity index (χ2v) is 21.3. The molecular formula is C67H120O6. The molecule has 0 rings (SSSR count). The number of hydrogen-bond acceptors (Lipinski definition) is 6. The maximum atomic E-state index is 12.8. The van der Waals surface area contributed by atoms with Gasteiger partial charge in [0, 0.05) is 19.3 Å². The Morgan fingerprint density at radius 1 is 0.288 bits per heavy atom. The van der Waals surface area contributed by atoms with E-state index in [4.69, 9.17) is 14.2 Å². The van der Waals surface area contributed by atoms with Crippen molar-refractivity contribution in [1.29, 1.82) is 0 Å². The average molecular weight is 1020 g/mol. The van der Waals surface area contributed by atoms with Crippen molar-refractivity contribution in [2.45, 2.75) is 335 Å². The maximum absolute atomic E-state index is 12.8. The van der Waals surface area contributed by atoms with Crippen LogP contribution in [0.2, 0.25) is 0 Å². The molecule has 0 aliphatic carbocycles. The molecule has 0 aliphatic rings. The van der Waals surface area contributed by atoms with Crippen molar-refractivity contribution >= 4 is 17.9 Å². The Hall–Kier alpha value is -2.89. The smallest absolute Gasteiger partial charge is 0.306 e. The zero-order valence-electron chi connectivity index (χ0n) is 48.7. The lowest BCUT2D eigenvalue weighted by Gasteiger charge is -2.18. The van der Waals surface area contributed by atoms with Crippen LogP contribution in [-0.4, -0.2) is 37.2 Å². The van der Waals surface area contributed by atoms with Crippen molar-refractivity contribution in [3.8, 4) is 0 Å². The lowest BCUT2D eigenvalue weighted by Crippen LogP contribution is -2.30. The molecule has 1 unspecified atom stereocenters. The van der Waals surface area contributed by atoms with E-state index in [1.807, 2.05) is 0 Å². The molecule has 0 fully saturated rings. The lowest BCUT2D eigenvalue weighted by molar-refractivity contribution is -0.167. The Labute approximate surface area is 453 Å². The Balaban J connectivity index is 4.15. The molecule has 6 heteroatoms. The summed E-state index contributed by atoms with van der Waals surface area (Å²) in [6.45, 7) is 6.53. The van der Waals surface area contributed by atoms with Gasteiger partial charge in [-0.25, -0.2) is 0 Å². The van der Waals surface area contributed by atoms with Gasteiger partial charge in [-0.3, -0.25) is 14.4 Å². The predicted molar refractivity (Wildman–Crippen MR) is 316 cm³/mol. The van der Waals surface area contributed by atoms with Crippen LogP contribution in [0.25, 0.3) is 0 Å². The molecule has 424 valence electrons. The zero-order chi connectivity index (χ0) is 52.9. The van der Waals surface area contributed by atoms with E-state index in [9.17, 15) is 14.4 Å². The predicted octanol–water partition coefficient (Wildman–Crippen LogP) is 21.6. The van der Waals surface area contributed by atoms with Crippen LogP contribution in [0.4, 0.5) is 0 Å². The van der Waals surface area contributed by atoms with Gasteiger partial charge in [0.15, 0.2) is 6.10 Å². The third-order valence-electron chi connectivity index (χ3n) is 14.0. The third-order valence-corrected chi connectivity index (χ3v) is 14.0. The summed E-state index contributed by atoms with van der Waals surface area (Å²) in [5.41, 5.74) is 0. The molecule has 0 aromatic carbocycles. The first-order valence-electron chi connectivity index (χ1n) is 31.8. The molecule has 6 nitrogen and oxygen atoms in total. The van der Waals surface area contributed by atoms with Gasteiger partial charge >= 0.3 is 17.9 Å². The van der Waals surface area contributed by atoms with E-state index in [2.05, 4.69) is 81.5 Å². The van der Waals surface area contributed by atoms with E-state index in [0.29, 0.717) is 19.3 Å². The van der Waals surface area contributed by atoms with E-state index < -0.39 is 6.10 Å². The van der Waals surface area contributed by atoms with Crippen LogP contribution in [-0.2, 0) is 28.6 Å². The van der Waals surface area contributed by atoms with Crippen molar-refractivity contribution in [1.82, 2.24) is 0 Å². The fourth-order valence-corrected chi connectivity index (χ4v) is 9.25. The number of allylic oxidation sites excluding steroid dienone is 10. The Bertz CT molecular complexity index is 1310. The summed E-state index contributed by atoms with van der Waals surface area (Å²) in [7, 11) is 0. The summed E-state index contributed by atoms with van der Waals surface area (Å²) in [5, 5.41) is 0. The Kier molecular flexibility index (Phi) is 59.2. The van der Waals surface area contributed by atoms with E-state index in [1.165, 1.54) is 186 Å². The minimum absolute atomic E-state index is 0.0775. The number of hydrogen-bond donors (Lipinski definition) is 0. The molecule has 0 saturated heterocycles. The van der Waals surface area contributed by atoms with Gasteiger partial charge in [0.1, 0.15) is 13.2 Å². The van der Waals surface area contributed by atoms with Crippen molar-refractivity contribution < 1.29 is 28.6 Å². The molecule has 0 heterocycles. The summed E-state index contributed by atoms with van der Waals surface area (Å²) in [6.07, 6.45) is 78.1. The van der Waals surface area contributed by atoms with Crippen molar-refractivity contribution in [3.05, 3.63) is 60.8 Å². The summed E-state index contributed by atoms with van der Waals surface area (Å²) < 4.78 is 16.9. The molecule has 0 spiro atoms. The molecule has 0 saturated carbocycles. The Morgan fingerprint density at radius 2 is 0.534 bits per heavy atom. The number of rotatable bonds is 58. The highest BCUT2D eigenvalue weighted by Crippen LogP contribution is 2.17. The molecule has 0 bridgehead atoms. The van der Waals surface area contributed by atoms with Gasteiger partial charge in [-0.1, -0.05) is 287 Å². The van der Waals surface area contributed by atoms with E-state index in [0.717, 1.165) is 103 Å². The second-order valence-electron chi connectivity index (χ2n) is 21.3. The molecule has 0 aromatic rings. The second kappa shape index (κ2) is 61.7. The largest absolute Gasteiger partial charge is 0.462 e. The molecule has 0 aliphatic heterocycles. The lowest BCUT2D eigenvalue weighted by atomic mass is 10.0. The first-order valence-corrected chi connectivity index (χ1v) is 31.8. The normalized spacial score (nSPS) is 12.4. The van der Waals surface area contributed by atoms with Crippen LogP contribution < -0.4 is 0 Å². The number of carbonyl (C=O) groups is 3. The van der Waals surface area contributed by atoms with Gasteiger partial charge in [-0.15, -0.1) is 0 Å². The fourth-order valence-electron chi connectivity index (χ4n) is 9.25. The van der Waals surface area contributed by atoms with Gasteiger partial charge in [0.2, 0.25) is 0 Å². The topological polar surface area (TPSA) is 78.9 Å². The van der Waals surface area contributed by atoms with E-state index in [1.54, 1.807) is 0 Å². The number of esters is 3. The van der Waals surface area contributed by atoms with Gasteiger partial charge < -0.3 is 14.2 Å². The number of carbonyl (C=O) groups excluding carboxylic acids is 3. The minimum Gasteiger partial charge on any atom is -0.462 e. The summed E-state index contributed by atoms with van der Waals surface area (Å²) in [4.78, 5) is 38.2. The zero-order valence-corrected chi connectivity index (χ0v) is 48.7. The molecule has 0 aromatic heterocycles. The number of unbranched alkanes of at least 4 members (excludes halogenated alkanes) is 37. The van der Waals surface area contributed by atoms with Gasteiger partial charge in [0.05, 0.1) is 0 Å². The highest BCUT2D eigenvalue weighted by atomic mass is 16.6. The minimum atomic E-state index is -0.780. The summed E-state index contributed by atoms with van der Waals surface area (Å²) >= 11 is 0.